The normalized spacial score (nSPS) is 35.3. The second kappa shape index (κ2) is 5.27. The predicted octanol–water partition coefficient (Wildman–Crippen LogP) is -0.709. The van der Waals surface area contributed by atoms with Crippen molar-refractivity contribution in [1.29, 1.82) is 0 Å². The molecular weight excluding hydrogens is 306 g/mol. The van der Waals surface area contributed by atoms with E-state index < -0.39 is 42.2 Å². The number of aliphatic carboxylic acids is 1. The fourth-order valence-corrected chi connectivity index (χ4v) is 2.82. The second-order valence-electron chi connectivity index (χ2n) is 5.88. The molecule has 0 saturated carbocycles. The number of carboxylic acid groups (broad SMARTS) is 1. The first-order valence-corrected chi connectivity index (χ1v) is 7.09. The third-order valence-corrected chi connectivity index (χ3v) is 3.95. The summed E-state index contributed by atoms with van der Waals surface area (Å²) < 4.78 is 10.1. The van der Waals surface area contributed by atoms with Crippen molar-refractivity contribution in [2.24, 2.45) is 0 Å². The number of carbonyl (C=O) groups excluding carboxylic acids is 1. The van der Waals surface area contributed by atoms with Crippen LogP contribution < -0.4 is 5.32 Å². The molecule has 0 spiro atoms. The maximum Gasteiger partial charge on any atom is 0.367 e. The van der Waals surface area contributed by atoms with Crippen LogP contribution in [0.3, 0.4) is 0 Å². The largest absolute Gasteiger partial charge is 0.477 e. The van der Waals surface area contributed by atoms with E-state index in [4.69, 9.17) is 14.6 Å². The Balaban J connectivity index is 1.78. The first-order valence-electron chi connectivity index (χ1n) is 7.09. The van der Waals surface area contributed by atoms with Crippen molar-refractivity contribution in [2.45, 2.75) is 44.2 Å². The van der Waals surface area contributed by atoms with E-state index in [1.165, 1.54) is 0 Å². The lowest BCUT2D eigenvalue weighted by Crippen LogP contribution is -2.59. The SMILES string of the molecule is Cc1cc(C)cc(C(=O)N[C@@H]2O[C@@]3(C(=O)O)O[C@H]3[C@H](O)[C@H]2O)c1. The zero-order chi connectivity index (χ0) is 16.9. The lowest BCUT2D eigenvalue weighted by molar-refractivity contribution is -0.200. The molecule has 0 radical (unpaired) electrons. The van der Waals surface area contributed by atoms with Crippen molar-refractivity contribution in [1.82, 2.24) is 5.32 Å². The molecule has 0 bridgehead atoms. The fourth-order valence-electron chi connectivity index (χ4n) is 2.82. The van der Waals surface area contributed by atoms with Gasteiger partial charge in [-0.15, -0.1) is 0 Å². The van der Waals surface area contributed by atoms with E-state index in [9.17, 15) is 19.8 Å². The highest BCUT2D eigenvalue weighted by atomic mass is 16.8. The molecule has 2 heterocycles. The number of ether oxygens (including phenoxy) is 2. The fraction of sp³-hybridized carbons (Fsp3) is 0.467. The Morgan fingerprint density at radius 2 is 1.70 bits per heavy atom. The van der Waals surface area contributed by atoms with E-state index in [0.29, 0.717) is 5.56 Å². The van der Waals surface area contributed by atoms with Crippen LogP contribution in [0, 0.1) is 13.8 Å². The molecule has 0 unspecified atom stereocenters. The van der Waals surface area contributed by atoms with Crippen molar-refractivity contribution in [3.63, 3.8) is 0 Å². The lowest BCUT2D eigenvalue weighted by Gasteiger charge is -2.32. The van der Waals surface area contributed by atoms with Crippen molar-refractivity contribution in [2.75, 3.05) is 0 Å². The van der Waals surface area contributed by atoms with Gasteiger partial charge in [0.1, 0.15) is 12.2 Å². The van der Waals surface area contributed by atoms with Gasteiger partial charge < -0.3 is 30.1 Å². The van der Waals surface area contributed by atoms with Crippen molar-refractivity contribution in [3.05, 3.63) is 34.9 Å². The third kappa shape index (κ3) is 2.59. The molecule has 0 aliphatic carbocycles. The van der Waals surface area contributed by atoms with Crippen molar-refractivity contribution >= 4 is 11.9 Å². The summed E-state index contributed by atoms with van der Waals surface area (Å²) in [4.78, 5) is 23.5. The van der Waals surface area contributed by atoms with Gasteiger partial charge in [0, 0.05) is 5.56 Å². The lowest BCUT2D eigenvalue weighted by atomic mass is 10.0. The number of hydrogen-bond acceptors (Lipinski definition) is 6. The Morgan fingerprint density at radius 3 is 2.26 bits per heavy atom. The van der Waals surface area contributed by atoms with Crippen LogP contribution in [-0.2, 0) is 14.3 Å². The number of epoxide rings is 1. The Labute approximate surface area is 131 Å². The average molecular weight is 323 g/mol. The molecule has 1 amide bonds. The summed E-state index contributed by atoms with van der Waals surface area (Å²) in [6, 6.07) is 5.20. The second-order valence-corrected chi connectivity index (χ2v) is 5.88. The number of rotatable bonds is 3. The number of carboxylic acids is 1. The molecular formula is C15H17NO7. The van der Waals surface area contributed by atoms with Gasteiger partial charge in [0.2, 0.25) is 0 Å². The molecule has 8 heteroatoms. The monoisotopic (exact) mass is 323 g/mol. The van der Waals surface area contributed by atoms with Crippen LogP contribution in [0.5, 0.6) is 0 Å². The number of aliphatic hydroxyl groups is 2. The molecule has 2 fully saturated rings. The molecule has 5 atom stereocenters. The predicted molar refractivity (Wildman–Crippen MR) is 75.5 cm³/mol. The summed E-state index contributed by atoms with van der Waals surface area (Å²) in [6.45, 7) is 3.67. The van der Waals surface area contributed by atoms with E-state index in [-0.39, 0.29) is 0 Å². The van der Waals surface area contributed by atoms with Gasteiger partial charge in [0.05, 0.1) is 0 Å². The molecule has 0 aromatic heterocycles. The van der Waals surface area contributed by atoms with Crippen LogP contribution in [0.25, 0.3) is 0 Å². The average Bonchev–Trinajstić information content (AvgIpc) is 3.19. The summed E-state index contributed by atoms with van der Waals surface area (Å²) >= 11 is 0. The zero-order valence-corrected chi connectivity index (χ0v) is 12.5. The summed E-state index contributed by atoms with van der Waals surface area (Å²) in [6.07, 6.45) is -5.51. The van der Waals surface area contributed by atoms with Crippen LogP contribution in [0.4, 0.5) is 0 Å². The molecule has 8 nitrogen and oxygen atoms in total. The van der Waals surface area contributed by atoms with Crippen molar-refractivity contribution in [3.8, 4) is 0 Å². The number of benzene rings is 1. The van der Waals surface area contributed by atoms with Gasteiger partial charge in [-0.3, -0.25) is 4.79 Å². The van der Waals surface area contributed by atoms with Gasteiger partial charge in [0.25, 0.3) is 5.91 Å². The van der Waals surface area contributed by atoms with Gasteiger partial charge in [-0.25, -0.2) is 4.79 Å². The Bertz CT molecular complexity index is 656. The minimum atomic E-state index is -2.01. The molecule has 4 N–H and O–H groups in total. The van der Waals surface area contributed by atoms with Crippen LogP contribution in [0.15, 0.2) is 18.2 Å². The number of aryl methyl sites for hydroxylation is 2. The van der Waals surface area contributed by atoms with Crippen LogP contribution in [0.1, 0.15) is 21.5 Å². The van der Waals surface area contributed by atoms with E-state index in [0.717, 1.165) is 11.1 Å². The van der Waals surface area contributed by atoms with Gasteiger partial charge in [0.15, 0.2) is 12.3 Å². The van der Waals surface area contributed by atoms with E-state index in [1.54, 1.807) is 12.1 Å². The van der Waals surface area contributed by atoms with Crippen molar-refractivity contribution < 1.29 is 34.4 Å². The maximum absolute atomic E-state index is 12.3. The molecule has 2 aliphatic rings. The number of fused-ring (bicyclic) bond motifs is 1. The molecule has 2 saturated heterocycles. The van der Waals surface area contributed by atoms with E-state index in [1.807, 2.05) is 19.9 Å². The summed E-state index contributed by atoms with van der Waals surface area (Å²) in [5.41, 5.74) is 2.11. The number of aliphatic hydroxyl groups excluding tert-OH is 2. The Kier molecular flexibility index (Phi) is 3.64. The standard InChI is InChI=1S/C15H17NO7/c1-6-3-7(2)5-8(4-6)12(19)16-13-10(18)9(17)11-15(22-11,23-13)14(20)21/h3-5,9-11,13,17-18H,1-2H3,(H,16,19)(H,20,21)/t9-,10-,11+,13-,15+/m1/s1. The van der Waals surface area contributed by atoms with Gasteiger partial charge >= 0.3 is 11.8 Å². The molecule has 23 heavy (non-hydrogen) atoms. The van der Waals surface area contributed by atoms with E-state index >= 15 is 0 Å². The smallest absolute Gasteiger partial charge is 0.367 e. The van der Waals surface area contributed by atoms with E-state index in [2.05, 4.69) is 5.32 Å². The highest BCUT2D eigenvalue weighted by molar-refractivity contribution is 5.94. The quantitative estimate of drug-likeness (QED) is 0.541. The molecule has 1 aromatic carbocycles. The molecule has 3 rings (SSSR count). The Hall–Kier alpha value is -2.00. The summed E-state index contributed by atoms with van der Waals surface area (Å²) in [7, 11) is 0. The number of hydrogen-bond donors (Lipinski definition) is 4. The molecule has 2 aliphatic heterocycles. The Morgan fingerprint density at radius 1 is 1.09 bits per heavy atom. The first kappa shape index (κ1) is 15.9. The van der Waals surface area contributed by atoms with Crippen LogP contribution in [0.2, 0.25) is 0 Å². The zero-order valence-electron chi connectivity index (χ0n) is 12.5. The van der Waals surface area contributed by atoms with Gasteiger partial charge in [-0.2, -0.15) is 0 Å². The topological polar surface area (TPSA) is 129 Å². The summed E-state index contributed by atoms with van der Waals surface area (Å²) in [5.74, 6) is -3.98. The highest BCUT2D eigenvalue weighted by Crippen LogP contribution is 2.46. The third-order valence-electron chi connectivity index (χ3n) is 3.95. The summed E-state index contributed by atoms with van der Waals surface area (Å²) in [5, 5.41) is 31.4. The number of carbonyl (C=O) groups is 2. The minimum absolute atomic E-state index is 0.344. The minimum Gasteiger partial charge on any atom is -0.477 e. The van der Waals surface area contributed by atoms with Gasteiger partial charge in [-0.05, 0) is 26.0 Å². The van der Waals surface area contributed by atoms with Crippen LogP contribution in [-0.4, -0.2) is 57.5 Å². The number of nitrogens with one attached hydrogen (secondary N) is 1. The molecule has 124 valence electrons. The van der Waals surface area contributed by atoms with Crippen LogP contribution >= 0.6 is 0 Å². The number of amides is 1. The maximum atomic E-state index is 12.3. The molecule has 1 aromatic rings. The van der Waals surface area contributed by atoms with Gasteiger partial charge in [-0.1, -0.05) is 17.2 Å². The highest BCUT2D eigenvalue weighted by Gasteiger charge is 2.74. The first-order chi connectivity index (χ1) is 10.7.